The maximum Gasteiger partial charge on any atom is 0.417 e. The molecule has 0 radical (unpaired) electrons. The Kier molecular flexibility index (Phi) is 8.55. The number of phenols is 1. The number of ether oxygens (including phenoxy) is 1. The van der Waals surface area contributed by atoms with Gasteiger partial charge in [-0.2, -0.15) is 0 Å². The van der Waals surface area contributed by atoms with Crippen molar-refractivity contribution in [2.45, 2.75) is 45.4 Å². The second-order valence-corrected chi connectivity index (χ2v) is 7.23. The fourth-order valence-corrected chi connectivity index (χ4v) is 2.91. The molecule has 30 heavy (non-hydrogen) atoms. The van der Waals surface area contributed by atoms with Crippen LogP contribution in [0.2, 0.25) is 0 Å². The Bertz CT molecular complexity index is 838. The highest BCUT2D eigenvalue weighted by atomic mass is 16.6. The standard InChI is InChI=1S/C23H28N2O5/c1-3-16(2)21(24)22(28)25(23(29)30-15-18-7-5-4-6-8-18)19(14-26)13-17-9-11-20(27)12-10-17/h4-12,14,16,19,21,27H,3,13,15,24H2,1-2H3/t16-,19-,21-/m0/s1. The Morgan fingerprint density at radius 3 is 2.30 bits per heavy atom. The molecular formula is C23H28N2O5. The van der Waals surface area contributed by atoms with Crippen LogP contribution in [0.3, 0.4) is 0 Å². The van der Waals surface area contributed by atoms with Crippen molar-refractivity contribution in [2.75, 3.05) is 0 Å². The van der Waals surface area contributed by atoms with Gasteiger partial charge in [0.15, 0.2) is 0 Å². The van der Waals surface area contributed by atoms with E-state index in [2.05, 4.69) is 0 Å². The summed E-state index contributed by atoms with van der Waals surface area (Å²) in [6.07, 6.45) is 0.350. The average Bonchev–Trinajstić information content (AvgIpc) is 2.77. The van der Waals surface area contributed by atoms with Crippen LogP contribution in [-0.2, 0) is 27.4 Å². The minimum Gasteiger partial charge on any atom is -0.508 e. The minimum atomic E-state index is -1.08. The normalized spacial score (nSPS) is 13.7. The van der Waals surface area contributed by atoms with E-state index in [1.807, 2.05) is 32.0 Å². The lowest BCUT2D eigenvalue weighted by molar-refractivity contribution is -0.136. The predicted octanol–water partition coefficient (Wildman–Crippen LogP) is 3.04. The fraction of sp³-hybridized carbons (Fsp3) is 0.348. The van der Waals surface area contributed by atoms with Gasteiger partial charge in [-0.3, -0.25) is 4.79 Å². The summed E-state index contributed by atoms with van der Waals surface area (Å²) >= 11 is 0. The fourth-order valence-electron chi connectivity index (χ4n) is 2.91. The van der Waals surface area contributed by atoms with E-state index in [-0.39, 0.29) is 24.7 Å². The third-order valence-corrected chi connectivity index (χ3v) is 5.05. The zero-order valence-electron chi connectivity index (χ0n) is 17.2. The van der Waals surface area contributed by atoms with E-state index in [1.54, 1.807) is 24.3 Å². The van der Waals surface area contributed by atoms with Crippen LogP contribution < -0.4 is 5.73 Å². The van der Waals surface area contributed by atoms with Crippen LogP contribution in [-0.4, -0.2) is 40.4 Å². The largest absolute Gasteiger partial charge is 0.508 e. The third kappa shape index (κ3) is 6.15. The van der Waals surface area contributed by atoms with E-state index < -0.39 is 24.1 Å². The maximum atomic E-state index is 13.0. The first-order chi connectivity index (χ1) is 14.4. The number of aldehydes is 1. The SMILES string of the molecule is CC[C@H](C)[C@H](N)C(=O)N(C(=O)OCc1ccccc1)[C@H](C=O)Cc1ccc(O)cc1. The highest BCUT2D eigenvalue weighted by molar-refractivity contribution is 5.97. The molecule has 2 amide bonds. The summed E-state index contributed by atoms with van der Waals surface area (Å²) in [7, 11) is 0. The van der Waals surface area contributed by atoms with Gasteiger partial charge in [-0.05, 0) is 29.2 Å². The van der Waals surface area contributed by atoms with Crippen molar-refractivity contribution in [2.24, 2.45) is 11.7 Å². The van der Waals surface area contributed by atoms with Gasteiger partial charge in [0.05, 0.1) is 6.04 Å². The predicted molar refractivity (Wildman–Crippen MR) is 113 cm³/mol. The molecule has 2 aromatic rings. The van der Waals surface area contributed by atoms with Crippen LogP contribution in [0.1, 0.15) is 31.4 Å². The number of nitrogens with two attached hydrogens (primary N) is 1. The summed E-state index contributed by atoms with van der Waals surface area (Å²) in [5.74, 6) is -0.753. The van der Waals surface area contributed by atoms with Crippen LogP contribution in [0.4, 0.5) is 4.79 Å². The van der Waals surface area contributed by atoms with Gasteiger partial charge in [-0.1, -0.05) is 62.7 Å². The quantitative estimate of drug-likeness (QED) is 0.613. The van der Waals surface area contributed by atoms with Crippen molar-refractivity contribution in [3.8, 4) is 5.75 Å². The Hall–Kier alpha value is -3.19. The summed E-state index contributed by atoms with van der Waals surface area (Å²) in [4.78, 5) is 38.6. The molecular weight excluding hydrogens is 384 g/mol. The van der Waals surface area contributed by atoms with Crippen molar-refractivity contribution in [1.29, 1.82) is 0 Å². The van der Waals surface area contributed by atoms with Gasteiger partial charge in [-0.15, -0.1) is 0 Å². The number of benzene rings is 2. The molecule has 0 heterocycles. The van der Waals surface area contributed by atoms with Crippen molar-refractivity contribution in [3.63, 3.8) is 0 Å². The zero-order valence-corrected chi connectivity index (χ0v) is 17.2. The molecule has 0 saturated carbocycles. The Morgan fingerprint density at radius 2 is 1.73 bits per heavy atom. The summed E-state index contributed by atoms with van der Waals surface area (Å²) in [5, 5.41) is 9.45. The Balaban J connectivity index is 2.25. The average molecular weight is 412 g/mol. The van der Waals surface area contributed by atoms with E-state index in [1.165, 1.54) is 12.1 Å². The number of nitrogens with zero attached hydrogens (tertiary/aromatic N) is 1. The Morgan fingerprint density at radius 1 is 1.10 bits per heavy atom. The van der Waals surface area contributed by atoms with Gasteiger partial charge >= 0.3 is 6.09 Å². The van der Waals surface area contributed by atoms with Gasteiger partial charge < -0.3 is 20.4 Å². The van der Waals surface area contributed by atoms with Gasteiger partial charge in [0.2, 0.25) is 5.91 Å². The second-order valence-electron chi connectivity index (χ2n) is 7.23. The summed E-state index contributed by atoms with van der Waals surface area (Å²) in [5.41, 5.74) is 7.51. The number of carbonyl (C=O) groups excluding carboxylic acids is 3. The second kappa shape index (κ2) is 11.1. The first-order valence-corrected chi connectivity index (χ1v) is 9.89. The number of hydrogen-bond donors (Lipinski definition) is 2. The van der Waals surface area contributed by atoms with Crippen LogP contribution >= 0.6 is 0 Å². The highest BCUT2D eigenvalue weighted by Gasteiger charge is 2.36. The van der Waals surface area contributed by atoms with E-state index in [4.69, 9.17) is 10.5 Å². The lowest BCUT2D eigenvalue weighted by Gasteiger charge is -2.30. The first kappa shape index (κ1) is 23.1. The summed E-state index contributed by atoms with van der Waals surface area (Å²) in [6, 6.07) is 13.2. The summed E-state index contributed by atoms with van der Waals surface area (Å²) in [6.45, 7) is 3.67. The molecule has 3 atom stereocenters. The molecule has 3 N–H and O–H groups in total. The number of rotatable bonds is 9. The molecule has 2 aromatic carbocycles. The number of hydrogen-bond acceptors (Lipinski definition) is 6. The molecule has 0 aliphatic rings. The molecule has 0 aliphatic heterocycles. The van der Waals surface area contributed by atoms with Gasteiger partial charge in [-0.25, -0.2) is 9.69 Å². The Labute approximate surface area is 176 Å². The van der Waals surface area contributed by atoms with Crippen LogP contribution in [0, 0.1) is 5.92 Å². The van der Waals surface area contributed by atoms with E-state index in [0.717, 1.165) is 10.5 Å². The molecule has 0 fully saturated rings. The van der Waals surface area contributed by atoms with Crippen molar-refractivity contribution < 1.29 is 24.2 Å². The van der Waals surface area contributed by atoms with E-state index >= 15 is 0 Å². The van der Waals surface area contributed by atoms with Crippen molar-refractivity contribution in [1.82, 2.24) is 4.90 Å². The lowest BCUT2D eigenvalue weighted by Crippen LogP contribution is -2.54. The third-order valence-electron chi connectivity index (χ3n) is 5.05. The monoisotopic (exact) mass is 412 g/mol. The molecule has 0 saturated heterocycles. The van der Waals surface area contributed by atoms with Gasteiger partial charge in [0, 0.05) is 6.42 Å². The summed E-state index contributed by atoms with van der Waals surface area (Å²) < 4.78 is 5.33. The van der Waals surface area contributed by atoms with Gasteiger partial charge in [0.25, 0.3) is 0 Å². The molecule has 0 bridgehead atoms. The van der Waals surface area contributed by atoms with Crippen LogP contribution in [0.25, 0.3) is 0 Å². The molecule has 7 heteroatoms. The number of imide groups is 1. The van der Waals surface area contributed by atoms with Crippen LogP contribution in [0.15, 0.2) is 54.6 Å². The highest BCUT2D eigenvalue weighted by Crippen LogP contribution is 2.17. The van der Waals surface area contributed by atoms with E-state index in [9.17, 15) is 19.5 Å². The molecule has 0 spiro atoms. The molecule has 7 nitrogen and oxygen atoms in total. The molecule has 160 valence electrons. The molecule has 0 aliphatic carbocycles. The molecule has 0 aromatic heterocycles. The smallest absolute Gasteiger partial charge is 0.417 e. The van der Waals surface area contributed by atoms with Crippen molar-refractivity contribution in [3.05, 3.63) is 65.7 Å². The number of aromatic hydroxyl groups is 1. The minimum absolute atomic E-state index is 0.0349. The number of carbonyl (C=O) groups is 3. The van der Waals surface area contributed by atoms with E-state index in [0.29, 0.717) is 18.3 Å². The topological polar surface area (TPSA) is 110 Å². The first-order valence-electron chi connectivity index (χ1n) is 9.89. The van der Waals surface area contributed by atoms with Crippen LogP contribution in [0.5, 0.6) is 5.75 Å². The lowest BCUT2D eigenvalue weighted by atomic mass is 9.97. The molecule has 2 rings (SSSR count). The zero-order chi connectivity index (χ0) is 22.1. The molecule has 0 unspecified atom stereocenters. The number of phenolic OH excluding ortho intramolecular Hbond substituents is 1. The van der Waals surface area contributed by atoms with Gasteiger partial charge in [0.1, 0.15) is 24.7 Å². The number of amides is 2. The van der Waals surface area contributed by atoms with Crippen molar-refractivity contribution >= 4 is 18.3 Å². The maximum absolute atomic E-state index is 13.0.